The van der Waals surface area contributed by atoms with Gasteiger partial charge < -0.3 is 10.1 Å². The highest BCUT2D eigenvalue weighted by atomic mass is 19.4. The third-order valence-corrected chi connectivity index (χ3v) is 3.76. The van der Waals surface area contributed by atoms with Crippen LogP contribution in [-0.2, 0) is 17.5 Å². The second-order valence-electron chi connectivity index (χ2n) is 5.84. The lowest BCUT2D eigenvalue weighted by Crippen LogP contribution is -2.20. The lowest BCUT2D eigenvalue weighted by Gasteiger charge is -2.15. The van der Waals surface area contributed by atoms with Crippen molar-refractivity contribution in [3.63, 3.8) is 0 Å². The number of nitrogens with zero attached hydrogens (tertiary/aromatic N) is 3. The second-order valence-corrected chi connectivity index (χ2v) is 5.84. The molecule has 0 spiro atoms. The van der Waals surface area contributed by atoms with E-state index in [0.717, 1.165) is 12.1 Å². The zero-order chi connectivity index (χ0) is 19.4. The van der Waals surface area contributed by atoms with Gasteiger partial charge in [0.05, 0.1) is 23.4 Å². The molecular weight excluding hydrogens is 361 g/mol. The van der Waals surface area contributed by atoms with E-state index in [4.69, 9.17) is 4.74 Å². The van der Waals surface area contributed by atoms with Crippen LogP contribution < -0.4 is 10.1 Å². The van der Waals surface area contributed by atoms with Crippen LogP contribution >= 0.6 is 0 Å². The van der Waals surface area contributed by atoms with E-state index < -0.39 is 17.6 Å². The number of fused-ring (bicyclic) bond motifs is 1. The van der Waals surface area contributed by atoms with E-state index in [2.05, 4.69) is 15.6 Å². The van der Waals surface area contributed by atoms with E-state index in [-0.39, 0.29) is 18.0 Å². The maximum atomic E-state index is 13.0. The average Bonchev–Trinajstić information content (AvgIpc) is 3.03. The highest BCUT2D eigenvalue weighted by Crippen LogP contribution is 2.35. The second kappa shape index (κ2) is 7.65. The summed E-state index contributed by atoms with van der Waals surface area (Å²) in [5.74, 6) is -0.354. The Hall–Kier alpha value is -3.10. The molecule has 0 saturated carbocycles. The minimum Gasteiger partial charge on any atom is -0.491 e. The molecule has 1 amide bonds. The third-order valence-electron chi connectivity index (χ3n) is 3.76. The first-order valence-corrected chi connectivity index (χ1v) is 8.30. The molecule has 3 aromatic rings. The number of para-hydroxylation sites is 1. The first-order valence-electron chi connectivity index (χ1n) is 8.30. The average molecular weight is 378 g/mol. The van der Waals surface area contributed by atoms with Gasteiger partial charge in [-0.25, -0.2) is 4.68 Å². The maximum absolute atomic E-state index is 13.0. The number of rotatable bonds is 6. The van der Waals surface area contributed by atoms with Gasteiger partial charge in [0.1, 0.15) is 17.8 Å². The van der Waals surface area contributed by atoms with E-state index in [1.54, 1.807) is 24.3 Å². The molecule has 0 saturated heterocycles. The Morgan fingerprint density at radius 3 is 2.74 bits per heavy atom. The smallest absolute Gasteiger partial charge is 0.416 e. The molecule has 0 aliphatic heterocycles. The lowest BCUT2D eigenvalue weighted by atomic mass is 10.1. The first kappa shape index (κ1) is 18.7. The Morgan fingerprint density at radius 1 is 1.22 bits per heavy atom. The summed E-state index contributed by atoms with van der Waals surface area (Å²) in [5, 5.41) is 10.3. The molecular formula is C18H17F3N4O2. The van der Waals surface area contributed by atoms with Gasteiger partial charge in [-0.1, -0.05) is 24.3 Å². The number of benzene rings is 2. The Balaban J connectivity index is 1.82. The Bertz CT molecular complexity index is 953. The molecule has 142 valence electrons. The van der Waals surface area contributed by atoms with Gasteiger partial charge in [0, 0.05) is 0 Å². The topological polar surface area (TPSA) is 69.0 Å². The summed E-state index contributed by atoms with van der Waals surface area (Å²) >= 11 is 0. The van der Waals surface area contributed by atoms with Crippen LogP contribution in [0, 0.1) is 0 Å². The molecule has 0 aliphatic rings. The van der Waals surface area contributed by atoms with E-state index in [1.807, 2.05) is 6.92 Å². The molecule has 6 nitrogen and oxygen atoms in total. The first-order chi connectivity index (χ1) is 12.9. The molecule has 1 heterocycles. The standard InChI is InChI=1S/C18H17F3N4O2/c1-2-9-27-16-8-7-12(18(19,20)21)10-14(16)22-17(26)11-25-15-6-4-3-5-13(15)23-24-25/h3-8,10H,2,9,11H2,1H3,(H,22,26). The van der Waals surface area contributed by atoms with E-state index in [1.165, 1.54) is 10.7 Å². The number of ether oxygens (including phenoxy) is 1. The number of nitrogens with one attached hydrogen (secondary N) is 1. The van der Waals surface area contributed by atoms with Crippen molar-refractivity contribution in [1.82, 2.24) is 15.0 Å². The normalized spacial score (nSPS) is 11.6. The number of hydrogen-bond donors (Lipinski definition) is 1. The molecule has 9 heteroatoms. The van der Waals surface area contributed by atoms with Gasteiger partial charge >= 0.3 is 6.18 Å². The van der Waals surface area contributed by atoms with E-state index >= 15 is 0 Å². The predicted molar refractivity (Wildman–Crippen MR) is 93.4 cm³/mol. The number of anilines is 1. The molecule has 0 bridgehead atoms. The number of halogens is 3. The maximum Gasteiger partial charge on any atom is 0.416 e. The summed E-state index contributed by atoms with van der Waals surface area (Å²) in [6, 6.07) is 10.1. The van der Waals surface area contributed by atoms with Gasteiger partial charge in [-0.05, 0) is 36.8 Å². The van der Waals surface area contributed by atoms with Crippen LogP contribution in [0.2, 0.25) is 0 Å². The molecule has 0 fully saturated rings. The molecule has 0 radical (unpaired) electrons. The number of alkyl halides is 3. The van der Waals surface area contributed by atoms with Crippen LogP contribution in [0.4, 0.5) is 18.9 Å². The van der Waals surface area contributed by atoms with Crippen LogP contribution in [0.5, 0.6) is 5.75 Å². The summed E-state index contributed by atoms with van der Waals surface area (Å²) in [5.41, 5.74) is 0.371. The van der Waals surface area contributed by atoms with Crippen LogP contribution in [0.3, 0.4) is 0 Å². The van der Waals surface area contributed by atoms with Gasteiger partial charge in [0.25, 0.3) is 0 Å². The molecule has 0 atom stereocenters. The van der Waals surface area contributed by atoms with Crippen molar-refractivity contribution in [2.75, 3.05) is 11.9 Å². The van der Waals surface area contributed by atoms with Crippen LogP contribution in [0.15, 0.2) is 42.5 Å². The van der Waals surface area contributed by atoms with E-state index in [0.29, 0.717) is 24.1 Å². The monoisotopic (exact) mass is 378 g/mol. The molecule has 27 heavy (non-hydrogen) atoms. The van der Waals surface area contributed by atoms with Crippen LogP contribution in [0.1, 0.15) is 18.9 Å². The van der Waals surface area contributed by atoms with Gasteiger partial charge in [0.2, 0.25) is 5.91 Å². The molecule has 1 aromatic heterocycles. The van der Waals surface area contributed by atoms with Crippen molar-refractivity contribution >= 4 is 22.6 Å². The van der Waals surface area contributed by atoms with Crippen molar-refractivity contribution in [2.45, 2.75) is 26.1 Å². The summed E-state index contributed by atoms with van der Waals surface area (Å²) in [7, 11) is 0. The zero-order valence-electron chi connectivity index (χ0n) is 14.5. The zero-order valence-corrected chi connectivity index (χ0v) is 14.5. The number of hydrogen-bond acceptors (Lipinski definition) is 4. The Labute approximate surface area is 152 Å². The van der Waals surface area contributed by atoms with Gasteiger partial charge in [-0.2, -0.15) is 13.2 Å². The Kier molecular flexibility index (Phi) is 5.29. The molecule has 3 rings (SSSR count). The van der Waals surface area contributed by atoms with Crippen molar-refractivity contribution in [3.8, 4) is 5.75 Å². The van der Waals surface area contributed by atoms with Crippen molar-refractivity contribution in [2.24, 2.45) is 0 Å². The minimum atomic E-state index is -4.52. The highest BCUT2D eigenvalue weighted by Gasteiger charge is 2.31. The van der Waals surface area contributed by atoms with Crippen molar-refractivity contribution in [1.29, 1.82) is 0 Å². The van der Waals surface area contributed by atoms with Crippen LogP contribution in [0.25, 0.3) is 11.0 Å². The summed E-state index contributed by atoms with van der Waals surface area (Å²) in [6.45, 7) is 2.00. The summed E-state index contributed by atoms with van der Waals surface area (Å²) in [6.07, 6.45) is -3.84. The summed E-state index contributed by atoms with van der Waals surface area (Å²) in [4.78, 5) is 12.4. The minimum absolute atomic E-state index is 0.0345. The lowest BCUT2D eigenvalue weighted by molar-refractivity contribution is -0.137. The SMILES string of the molecule is CCCOc1ccc(C(F)(F)F)cc1NC(=O)Cn1nnc2ccccc21. The molecule has 1 N–H and O–H groups in total. The van der Waals surface area contributed by atoms with Crippen molar-refractivity contribution < 1.29 is 22.7 Å². The largest absolute Gasteiger partial charge is 0.491 e. The molecule has 2 aromatic carbocycles. The fraction of sp³-hybridized carbons (Fsp3) is 0.278. The van der Waals surface area contributed by atoms with Gasteiger partial charge in [-0.15, -0.1) is 5.10 Å². The van der Waals surface area contributed by atoms with Crippen molar-refractivity contribution in [3.05, 3.63) is 48.0 Å². The number of amides is 1. The fourth-order valence-corrected chi connectivity index (χ4v) is 2.50. The number of carbonyl (C=O) groups is 1. The van der Waals surface area contributed by atoms with Gasteiger partial charge in [0.15, 0.2) is 0 Å². The number of carbonyl (C=O) groups excluding carboxylic acids is 1. The molecule has 0 aliphatic carbocycles. The summed E-state index contributed by atoms with van der Waals surface area (Å²) < 4.78 is 45.8. The third kappa shape index (κ3) is 4.36. The van der Waals surface area contributed by atoms with Crippen LogP contribution in [-0.4, -0.2) is 27.5 Å². The highest BCUT2D eigenvalue weighted by molar-refractivity contribution is 5.93. The predicted octanol–water partition coefficient (Wildman–Crippen LogP) is 3.88. The number of aromatic nitrogens is 3. The van der Waals surface area contributed by atoms with Gasteiger partial charge in [-0.3, -0.25) is 4.79 Å². The Morgan fingerprint density at radius 2 is 2.00 bits per heavy atom. The molecule has 0 unspecified atom stereocenters. The fourth-order valence-electron chi connectivity index (χ4n) is 2.50. The quantitative estimate of drug-likeness (QED) is 0.707. The van der Waals surface area contributed by atoms with E-state index in [9.17, 15) is 18.0 Å².